The normalized spacial score (nSPS) is 11.1. The molecule has 0 amide bonds. The zero-order valence-corrected chi connectivity index (χ0v) is 13.9. The van der Waals surface area contributed by atoms with Crippen LogP contribution in [0, 0.1) is 0 Å². The molecule has 1 heteroatoms. The minimum Gasteiger partial charge on any atom is -0.346 e. The maximum Gasteiger partial charge on any atom is 0.0755 e. The van der Waals surface area contributed by atoms with E-state index in [1.54, 1.807) is 0 Å². The van der Waals surface area contributed by atoms with Gasteiger partial charge in [-0.3, -0.25) is 0 Å². The summed E-state index contributed by atoms with van der Waals surface area (Å²) in [5.74, 6) is 0. The van der Waals surface area contributed by atoms with Crippen LogP contribution in [0.4, 0.5) is 0 Å². The maximum absolute atomic E-state index is 2.54. The molecule has 0 unspecified atom stereocenters. The van der Waals surface area contributed by atoms with Crippen LogP contribution in [-0.2, 0) is 0 Å². The van der Waals surface area contributed by atoms with E-state index in [2.05, 4.69) is 19.2 Å². The van der Waals surface area contributed by atoms with Crippen molar-refractivity contribution in [2.24, 2.45) is 0 Å². The molecular formula is C18H40N+. The number of hydrogen-bond acceptors (Lipinski definition) is 0. The standard InChI is InChI=1S/C18H39N/c1-3-5-7-9-11-13-15-17-19-18-16-14-12-10-8-6-4-2/h19H,3-18H2,1-2H3/p+1. The summed E-state index contributed by atoms with van der Waals surface area (Å²) in [4.78, 5) is 0. The molecule has 0 saturated carbocycles. The van der Waals surface area contributed by atoms with Crippen LogP contribution in [0.5, 0.6) is 0 Å². The van der Waals surface area contributed by atoms with Crippen molar-refractivity contribution >= 4 is 0 Å². The number of hydrogen-bond donors (Lipinski definition) is 1. The molecule has 0 aliphatic heterocycles. The Balaban J connectivity index is 2.88. The van der Waals surface area contributed by atoms with E-state index in [9.17, 15) is 0 Å². The van der Waals surface area contributed by atoms with Crippen molar-refractivity contribution in [2.75, 3.05) is 13.1 Å². The van der Waals surface area contributed by atoms with Crippen LogP contribution < -0.4 is 5.32 Å². The number of unbranched alkanes of at least 4 members (excludes halogenated alkanes) is 12. The van der Waals surface area contributed by atoms with Gasteiger partial charge < -0.3 is 5.32 Å². The Morgan fingerprint density at radius 2 is 0.737 bits per heavy atom. The summed E-state index contributed by atoms with van der Waals surface area (Å²) in [7, 11) is 0. The quantitative estimate of drug-likeness (QED) is 0.378. The van der Waals surface area contributed by atoms with Gasteiger partial charge in [-0.1, -0.05) is 78.1 Å². The first-order chi connectivity index (χ1) is 9.41. The van der Waals surface area contributed by atoms with Crippen LogP contribution in [0.25, 0.3) is 0 Å². The molecule has 0 rings (SSSR count). The molecule has 0 atom stereocenters. The highest BCUT2D eigenvalue weighted by molar-refractivity contribution is 4.45. The highest BCUT2D eigenvalue weighted by Gasteiger charge is 1.95. The Labute approximate surface area is 122 Å². The molecule has 1 nitrogen and oxygen atoms in total. The summed E-state index contributed by atoms with van der Waals surface area (Å²) in [6, 6.07) is 0. The summed E-state index contributed by atoms with van der Waals surface area (Å²) in [5.41, 5.74) is 0. The third kappa shape index (κ3) is 18.0. The van der Waals surface area contributed by atoms with Gasteiger partial charge in [-0.15, -0.1) is 0 Å². The lowest BCUT2D eigenvalue weighted by atomic mass is 10.1. The van der Waals surface area contributed by atoms with Crippen LogP contribution in [0.2, 0.25) is 0 Å². The van der Waals surface area contributed by atoms with Crippen molar-refractivity contribution in [3.63, 3.8) is 0 Å². The van der Waals surface area contributed by atoms with Crippen molar-refractivity contribution in [1.82, 2.24) is 0 Å². The minimum absolute atomic E-state index is 1.36. The molecule has 0 aliphatic carbocycles. The van der Waals surface area contributed by atoms with Gasteiger partial charge in [-0.25, -0.2) is 0 Å². The topological polar surface area (TPSA) is 16.6 Å². The van der Waals surface area contributed by atoms with Gasteiger partial charge in [0, 0.05) is 0 Å². The molecule has 0 aliphatic rings. The first kappa shape index (κ1) is 19.0. The molecule has 2 N–H and O–H groups in total. The van der Waals surface area contributed by atoms with Crippen LogP contribution >= 0.6 is 0 Å². The fourth-order valence-electron chi connectivity index (χ4n) is 2.64. The van der Waals surface area contributed by atoms with Crippen molar-refractivity contribution < 1.29 is 5.32 Å². The Bertz CT molecular complexity index is 129. The van der Waals surface area contributed by atoms with Crippen molar-refractivity contribution in [3.05, 3.63) is 0 Å². The minimum atomic E-state index is 1.36. The largest absolute Gasteiger partial charge is 0.346 e. The predicted molar refractivity (Wildman–Crippen MR) is 87.6 cm³/mol. The molecule has 19 heavy (non-hydrogen) atoms. The Hall–Kier alpha value is -0.0400. The molecule has 0 aromatic heterocycles. The fraction of sp³-hybridized carbons (Fsp3) is 1.00. The van der Waals surface area contributed by atoms with E-state index >= 15 is 0 Å². The summed E-state index contributed by atoms with van der Waals surface area (Å²) < 4.78 is 0. The summed E-state index contributed by atoms with van der Waals surface area (Å²) in [6.07, 6.45) is 20.1. The molecule has 0 radical (unpaired) electrons. The lowest BCUT2D eigenvalue weighted by molar-refractivity contribution is -0.655. The van der Waals surface area contributed by atoms with E-state index in [1.807, 2.05) is 0 Å². The molecule has 116 valence electrons. The third-order valence-electron chi connectivity index (χ3n) is 4.02. The zero-order chi connectivity index (χ0) is 14.0. The van der Waals surface area contributed by atoms with Crippen LogP contribution in [0.1, 0.15) is 104 Å². The van der Waals surface area contributed by atoms with Gasteiger partial charge >= 0.3 is 0 Å². The Kier molecular flexibility index (Phi) is 17.9. The van der Waals surface area contributed by atoms with Crippen molar-refractivity contribution in [2.45, 2.75) is 104 Å². The van der Waals surface area contributed by atoms with E-state index in [4.69, 9.17) is 0 Å². The molecular weight excluding hydrogens is 230 g/mol. The SMILES string of the molecule is CCCCCCCCC[NH2+]CCCCCCCCC. The van der Waals surface area contributed by atoms with Crippen molar-refractivity contribution in [1.29, 1.82) is 0 Å². The zero-order valence-electron chi connectivity index (χ0n) is 13.9. The third-order valence-corrected chi connectivity index (χ3v) is 4.02. The highest BCUT2D eigenvalue weighted by Crippen LogP contribution is 2.06. The van der Waals surface area contributed by atoms with Gasteiger partial charge in [0.05, 0.1) is 13.1 Å². The smallest absolute Gasteiger partial charge is 0.0755 e. The molecule has 0 aromatic rings. The van der Waals surface area contributed by atoms with Gasteiger partial charge in [0.1, 0.15) is 0 Å². The maximum atomic E-state index is 2.54. The van der Waals surface area contributed by atoms with Gasteiger partial charge in [-0.2, -0.15) is 0 Å². The van der Waals surface area contributed by atoms with E-state index in [-0.39, 0.29) is 0 Å². The first-order valence-corrected chi connectivity index (χ1v) is 9.23. The monoisotopic (exact) mass is 270 g/mol. The number of rotatable bonds is 16. The second kappa shape index (κ2) is 18.0. The van der Waals surface area contributed by atoms with E-state index in [0.29, 0.717) is 0 Å². The predicted octanol–water partition coefficient (Wildman–Crippen LogP) is 5.05. The number of quaternary nitrogens is 1. The van der Waals surface area contributed by atoms with Crippen LogP contribution in [0.3, 0.4) is 0 Å². The van der Waals surface area contributed by atoms with Gasteiger partial charge in [0.15, 0.2) is 0 Å². The number of nitrogens with two attached hydrogens (primary N) is 1. The molecule has 0 spiro atoms. The molecule has 0 saturated heterocycles. The average Bonchev–Trinajstić information content (AvgIpc) is 2.43. The Morgan fingerprint density at radius 1 is 0.421 bits per heavy atom. The second-order valence-electron chi connectivity index (χ2n) is 6.11. The average molecular weight is 271 g/mol. The summed E-state index contributed by atoms with van der Waals surface area (Å²) >= 11 is 0. The fourth-order valence-corrected chi connectivity index (χ4v) is 2.64. The summed E-state index contributed by atoms with van der Waals surface area (Å²) in [5, 5.41) is 2.54. The molecule has 0 heterocycles. The lowest BCUT2D eigenvalue weighted by Crippen LogP contribution is -2.84. The van der Waals surface area contributed by atoms with Gasteiger partial charge in [0.25, 0.3) is 0 Å². The molecule has 0 fully saturated rings. The van der Waals surface area contributed by atoms with E-state index in [1.165, 1.54) is 103 Å². The van der Waals surface area contributed by atoms with Crippen LogP contribution in [-0.4, -0.2) is 13.1 Å². The molecule has 0 bridgehead atoms. The summed E-state index contributed by atoms with van der Waals surface area (Å²) in [6.45, 7) is 7.31. The lowest BCUT2D eigenvalue weighted by Gasteiger charge is -2.03. The Morgan fingerprint density at radius 3 is 1.11 bits per heavy atom. The molecule has 0 aromatic carbocycles. The van der Waals surface area contributed by atoms with E-state index < -0.39 is 0 Å². The van der Waals surface area contributed by atoms with Crippen LogP contribution in [0.15, 0.2) is 0 Å². The van der Waals surface area contributed by atoms with Gasteiger partial charge in [0.2, 0.25) is 0 Å². The van der Waals surface area contributed by atoms with Gasteiger partial charge in [-0.05, 0) is 25.7 Å². The first-order valence-electron chi connectivity index (χ1n) is 9.23. The highest BCUT2D eigenvalue weighted by atomic mass is 14.8. The van der Waals surface area contributed by atoms with Crippen molar-refractivity contribution in [3.8, 4) is 0 Å². The van der Waals surface area contributed by atoms with E-state index in [0.717, 1.165) is 0 Å². The second-order valence-corrected chi connectivity index (χ2v) is 6.11.